The maximum absolute atomic E-state index is 13.3. The second kappa shape index (κ2) is 14.4. The number of carboxylic acid groups (broad SMARTS) is 2. The number of hydrogen-bond acceptors (Lipinski definition) is 5. The van der Waals surface area contributed by atoms with Gasteiger partial charge in [-0.1, -0.05) is 88.7 Å². The second-order valence-corrected chi connectivity index (χ2v) is 11.0. The van der Waals surface area contributed by atoms with Crippen LogP contribution in [0.1, 0.15) is 31.8 Å². The van der Waals surface area contributed by atoms with E-state index in [4.69, 9.17) is 14.6 Å². The number of carbonyl (C=O) groups excluding carboxylic acids is 1. The van der Waals surface area contributed by atoms with Gasteiger partial charge in [0.1, 0.15) is 29.9 Å². The molecule has 1 amide bonds. The molecule has 5 aromatic rings. The highest BCUT2D eigenvalue weighted by molar-refractivity contribution is 9.10. The highest BCUT2D eigenvalue weighted by Gasteiger charge is 2.23. The Morgan fingerprint density at radius 3 is 2.09 bits per heavy atom. The van der Waals surface area contributed by atoms with Crippen LogP contribution in [0.2, 0.25) is 0 Å². The summed E-state index contributed by atoms with van der Waals surface area (Å²) in [5, 5.41) is 21.7. The molecule has 0 aromatic heterocycles. The van der Waals surface area contributed by atoms with Gasteiger partial charge in [-0.3, -0.25) is 4.79 Å². The zero-order chi connectivity index (χ0) is 31.8. The highest BCUT2D eigenvalue weighted by atomic mass is 79.9. The van der Waals surface area contributed by atoms with E-state index in [2.05, 4.69) is 21.2 Å². The first-order chi connectivity index (χ1) is 21.8. The Balaban J connectivity index is 1.27. The van der Waals surface area contributed by atoms with E-state index in [1.807, 2.05) is 78.9 Å². The molecule has 0 heterocycles. The summed E-state index contributed by atoms with van der Waals surface area (Å²) < 4.78 is 12.6. The van der Waals surface area contributed by atoms with E-state index in [1.165, 1.54) is 12.1 Å². The van der Waals surface area contributed by atoms with Crippen LogP contribution in [-0.4, -0.2) is 34.1 Å². The number of benzene rings is 5. The molecule has 0 bridgehead atoms. The van der Waals surface area contributed by atoms with Crippen LogP contribution in [0.5, 0.6) is 17.2 Å². The smallest absolute Gasteiger partial charge is 0.335 e. The van der Waals surface area contributed by atoms with Gasteiger partial charge in [-0.25, -0.2) is 9.59 Å². The Kier molecular flexibility index (Phi) is 9.91. The van der Waals surface area contributed by atoms with Crippen LogP contribution in [0.3, 0.4) is 0 Å². The number of aromatic carboxylic acids is 1. The number of carbonyl (C=O) groups is 3. The van der Waals surface area contributed by atoms with Crippen molar-refractivity contribution in [2.24, 2.45) is 0 Å². The van der Waals surface area contributed by atoms with Crippen LogP contribution >= 0.6 is 15.9 Å². The zero-order valence-electron chi connectivity index (χ0n) is 23.9. The number of ether oxygens (including phenoxy) is 2. The van der Waals surface area contributed by atoms with Crippen LogP contribution in [0.4, 0.5) is 0 Å². The second-order valence-electron chi connectivity index (χ2n) is 10.1. The number of carboxylic acids is 2. The van der Waals surface area contributed by atoms with Crippen LogP contribution in [0.15, 0.2) is 126 Å². The van der Waals surface area contributed by atoms with Gasteiger partial charge in [0.2, 0.25) is 0 Å². The molecule has 0 aliphatic rings. The predicted octanol–water partition coefficient (Wildman–Crippen LogP) is 7.61. The van der Waals surface area contributed by atoms with Gasteiger partial charge >= 0.3 is 11.9 Å². The van der Waals surface area contributed by atoms with Gasteiger partial charge in [0.15, 0.2) is 0 Å². The first-order valence-corrected chi connectivity index (χ1v) is 14.8. The Bertz CT molecular complexity index is 1810. The summed E-state index contributed by atoms with van der Waals surface area (Å²) >= 11 is 3.36. The summed E-state index contributed by atoms with van der Waals surface area (Å²) in [7, 11) is 0. The van der Waals surface area contributed by atoms with Crippen molar-refractivity contribution in [1.82, 2.24) is 5.32 Å². The third kappa shape index (κ3) is 8.16. The zero-order valence-corrected chi connectivity index (χ0v) is 25.4. The molecule has 0 spiro atoms. The summed E-state index contributed by atoms with van der Waals surface area (Å²) in [5.74, 6) is -1.15. The van der Waals surface area contributed by atoms with Crippen molar-refractivity contribution in [3.8, 4) is 28.4 Å². The Morgan fingerprint density at radius 1 is 0.733 bits per heavy atom. The summed E-state index contributed by atoms with van der Waals surface area (Å²) in [6.07, 6.45) is 0.0592. The summed E-state index contributed by atoms with van der Waals surface area (Å²) in [6.45, 7) is 0.0794. The van der Waals surface area contributed by atoms with Crippen LogP contribution in [-0.2, 0) is 17.8 Å². The molecule has 0 saturated heterocycles. The predicted molar refractivity (Wildman–Crippen MR) is 173 cm³/mol. The van der Waals surface area contributed by atoms with Gasteiger partial charge in [0.05, 0.1) is 11.1 Å². The van der Waals surface area contributed by atoms with E-state index in [0.717, 1.165) is 22.4 Å². The van der Waals surface area contributed by atoms with Crippen LogP contribution in [0, 0.1) is 0 Å². The highest BCUT2D eigenvalue weighted by Crippen LogP contribution is 2.33. The van der Waals surface area contributed by atoms with Gasteiger partial charge in [-0.2, -0.15) is 0 Å². The Labute approximate surface area is 268 Å². The fraction of sp³-hybridized carbons (Fsp3) is 0.0833. The van der Waals surface area contributed by atoms with Crippen molar-refractivity contribution in [2.75, 3.05) is 0 Å². The molecule has 9 heteroatoms. The van der Waals surface area contributed by atoms with Crippen molar-refractivity contribution in [3.05, 3.63) is 148 Å². The lowest BCUT2D eigenvalue weighted by molar-refractivity contribution is -0.139. The van der Waals surface area contributed by atoms with Crippen molar-refractivity contribution < 1.29 is 34.1 Å². The maximum atomic E-state index is 13.3. The SMILES string of the molecule is O=C(O)c1ccc(COc2ccc(Br)cc2C(=O)NC(Cc2ccc(-c3ccccc3Oc3ccccc3)cc2)C(=O)O)cc1. The monoisotopic (exact) mass is 665 g/mol. The van der Waals surface area contributed by atoms with Gasteiger partial charge < -0.3 is 25.0 Å². The standard InChI is InChI=1S/C36H28BrNO7/c37-27-18-19-32(44-22-24-12-16-26(17-13-24)35(40)41)30(21-27)34(39)38-31(36(42)43)20-23-10-14-25(15-11-23)29-8-4-5-9-33(29)45-28-6-2-1-3-7-28/h1-19,21,31H,20,22H2,(H,38,39)(H,40,41)(H,42,43). The molecular formula is C36H28BrNO7. The van der Waals surface area contributed by atoms with Crippen molar-refractivity contribution in [2.45, 2.75) is 19.1 Å². The lowest BCUT2D eigenvalue weighted by Gasteiger charge is -2.17. The maximum Gasteiger partial charge on any atom is 0.335 e. The molecular weight excluding hydrogens is 638 g/mol. The number of halogens is 1. The van der Waals surface area contributed by atoms with Gasteiger partial charge in [0, 0.05) is 16.5 Å². The van der Waals surface area contributed by atoms with E-state index in [-0.39, 0.29) is 29.9 Å². The minimum absolute atomic E-state index is 0.0592. The number of hydrogen-bond donors (Lipinski definition) is 3. The molecule has 1 atom stereocenters. The Morgan fingerprint density at radius 2 is 1.40 bits per heavy atom. The first kappa shape index (κ1) is 31.0. The quantitative estimate of drug-likeness (QED) is 0.125. The number of rotatable bonds is 12. The molecule has 3 N–H and O–H groups in total. The molecule has 0 saturated carbocycles. The Hall–Kier alpha value is -5.41. The van der Waals surface area contributed by atoms with Gasteiger partial charge in [0.25, 0.3) is 5.91 Å². The minimum Gasteiger partial charge on any atom is -0.488 e. The largest absolute Gasteiger partial charge is 0.488 e. The first-order valence-electron chi connectivity index (χ1n) is 14.0. The van der Waals surface area contributed by atoms with Crippen molar-refractivity contribution in [3.63, 3.8) is 0 Å². The van der Waals surface area contributed by atoms with Crippen LogP contribution in [0.25, 0.3) is 11.1 Å². The molecule has 0 aliphatic heterocycles. The van der Waals surface area contributed by atoms with Crippen molar-refractivity contribution in [1.29, 1.82) is 0 Å². The fourth-order valence-electron chi connectivity index (χ4n) is 4.61. The molecule has 5 aromatic carbocycles. The normalized spacial score (nSPS) is 11.3. The molecule has 8 nitrogen and oxygen atoms in total. The lowest BCUT2D eigenvalue weighted by Crippen LogP contribution is -2.42. The number of para-hydroxylation sites is 2. The van der Waals surface area contributed by atoms with E-state index < -0.39 is 23.9 Å². The summed E-state index contributed by atoms with van der Waals surface area (Å²) in [6, 6.07) is 34.5. The molecule has 0 aliphatic carbocycles. The number of amides is 1. The average molecular weight is 667 g/mol. The van der Waals surface area contributed by atoms with E-state index in [9.17, 15) is 19.5 Å². The van der Waals surface area contributed by atoms with Crippen molar-refractivity contribution >= 4 is 33.8 Å². The average Bonchev–Trinajstić information content (AvgIpc) is 3.05. The topological polar surface area (TPSA) is 122 Å². The summed E-state index contributed by atoms with van der Waals surface area (Å²) in [4.78, 5) is 36.6. The van der Waals surface area contributed by atoms with Gasteiger partial charge in [-0.05, 0) is 65.2 Å². The third-order valence-electron chi connectivity index (χ3n) is 6.95. The molecule has 0 radical (unpaired) electrons. The minimum atomic E-state index is -1.20. The number of nitrogens with one attached hydrogen (secondary N) is 1. The fourth-order valence-corrected chi connectivity index (χ4v) is 4.97. The van der Waals surface area contributed by atoms with Crippen LogP contribution < -0.4 is 14.8 Å². The summed E-state index contributed by atoms with van der Waals surface area (Å²) in [5.41, 5.74) is 3.52. The molecule has 1 unspecified atom stereocenters. The molecule has 226 valence electrons. The molecule has 0 fully saturated rings. The van der Waals surface area contributed by atoms with E-state index in [1.54, 1.807) is 30.3 Å². The van der Waals surface area contributed by atoms with E-state index >= 15 is 0 Å². The molecule has 5 rings (SSSR count). The third-order valence-corrected chi connectivity index (χ3v) is 7.44. The number of aliphatic carboxylic acids is 1. The molecule has 45 heavy (non-hydrogen) atoms. The lowest BCUT2D eigenvalue weighted by atomic mass is 9.99. The van der Waals surface area contributed by atoms with E-state index in [0.29, 0.717) is 15.8 Å². The van der Waals surface area contributed by atoms with Gasteiger partial charge in [-0.15, -0.1) is 0 Å².